The molecule has 0 amide bonds. The minimum Gasteiger partial charge on any atom is -0.467 e. The predicted octanol–water partition coefficient (Wildman–Crippen LogP) is 4.92. The van der Waals surface area contributed by atoms with E-state index in [1.165, 1.54) is 0 Å². The smallest absolute Gasteiger partial charge is 0.193 e. The van der Waals surface area contributed by atoms with E-state index in [2.05, 4.69) is 40.4 Å². The zero-order chi connectivity index (χ0) is 13.1. The van der Waals surface area contributed by atoms with E-state index in [0.717, 1.165) is 12.2 Å². The molecule has 0 aromatic carbocycles. The van der Waals surface area contributed by atoms with Crippen LogP contribution in [-0.2, 0) is 4.43 Å². The van der Waals surface area contributed by atoms with Crippen molar-refractivity contribution < 1.29 is 8.84 Å². The van der Waals surface area contributed by atoms with E-state index in [1.54, 1.807) is 6.26 Å². The summed E-state index contributed by atoms with van der Waals surface area (Å²) in [5.74, 6) is 0.898. The Hall–Kier alpha value is -0.803. The summed E-state index contributed by atoms with van der Waals surface area (Å²) in [4.78, 5) is 0. The lowest BCUT2D eigenvalue weighted by molar-refractivity contribution is 0.160. The van der Waals surface area contributed by atoms with Crippen LogP contribution < -0.4 is 0 Å². The van der Waals surface area contributed by atoms with Gasteiger partial charge < -0.3 is 8.84 Å². The van der Waals surface area contributed by atoms with Gasteiger partial charge in [0.1, 0.15) is 11.9 Å². The van der Waals surface area contributed by atoms with Crippen molar-refractivity contribution in [1.82, 2.24) is 0 Å². The van der Waals surface area contributed by atoms with E-state index >= 15 is 0 Å². The molecule has 0 saturated heterocycles. The fourth-order valence-electron chi connectivity index (χ4n) is 1.38. The Balaban J connectivity index is 2.85. The van der Waals surface area contributed by atoms with Crippen LogP contribution in [0.5, 0.6) is 0 Å². The van der Waals surface area contributed by atoms with Crippen LogP contribution in [0.25, 0.3) is 0 Å². The van der Waals surface area contributed by atoms with E-state index in [-0.39, 0.29) is 11.1 Å². The van der Waals surface area contributed by atoms with Gasteiger partial charge >= 0.3 is 0 Å². The van der Waals surface area contributed by atoms with Crippen molar-refractivity contribution in [2.24, 2.45) is 0 Å². The molecule has 1 heterocycles. The summed E-state index contributed by atoms with van der Waals surface area (Å²) in [6.07, 6.45) is 4.38. The highest BCUT2D eigenvalue weighted by Crippen LogP contribution is 2.40. The Bertz CT molecular complexity index is 347. The lowest BCUT2D eigenvalue weighted by atomic mass is 10.2. The van der Waals surface area contributed by atoms with Crippen molar-refractivity contribution in [2.45, 2.75) is 51.4 Å². The highest BCUT2D eigenvalue weighted by molar-refractivity contribution is 6.74. The quantitative estimate of drug-likeness (QED) is 0.548. The molecular formula is C14H24O2Si. The largest absolute Gasteiger partial charge is 0.467 e. The molecule has 2 nitrogen and oxygen atoms in total. The number of furan rings is 1. The summed E-state index contributed by atoms with van der Waals surface area (Å²) in [6, 6.07) is 3.88. The van der Waals surface area contributed by atoms with Crippen molar-refractivity contribution >= 4 is 8.32 Å². The molecule has 17 heavy (non-hydrogen) atoms. The van der Waals surface area contributed by atoms with Crippen LogP contribution in [0.2, 0.25) is 18.1 Å². The van der Waals surface area contributed by atoms with Crippen LogP contribution in [-0.4, -0.2) is 8.32 Å². The van der Waals surface area contributed by atoms with Crippen LogP contribution in [0.4, 0.5) is 0 Å². The Morgan fingerprint density at radius 2 is 2.12 bits per heavy atom. The van der Waals surface area contributed by atoms with Crippen LogP contribution in [0.1, 0.15) is 39.1 Å². The molecule has 0 aliphatic rings. The maximum atomic E-state index is 6.36. The van der Waals surface area contributed by atoms with Crippen molar-refractivity contribution in [1.29, 1.82) is 0 Å². The minimum atomic E-state index is -1.77. The van der Waals surface area contributed by atoms with Crippen molar-refractivity contribution in [3.05, 3.63) is 36.8 Å². The van der Waals surface area contributed by atoms with Gasteiger partial charge in [-0.25, -0.2) is 0 Å². The third-order valence-electron chi connectivity index (χ3n) is 3.48. The molecule has 1 atom stereocenters. The van der Waals surface area contributed by atoms with Gasteiger partial charge in [-0.15, -0.1) is 6.58 Å². The van der Waals surface area contributed by atoms with Crippen molar-refractivity contribution in [2.75, 3.05) is 0 Å². The van der Waals surface area contributed by atoms with E-state index in [9.17, 15) is 0 Å². The Morgan fingerprint density at radius 1 is 1.47 bits per heavy atom. The topological polar surface area (TPSA) is 22.4 Å². The van der Waals surface area contributed by atoms with Crippen LogP contribution in [0.15, 0.2) is 35.5 Å². The zero-order valence-corrected chi connectivity index (χ0v) is 12.6. The molecular weight excluding hydrogens is 228 g/mol. The van der Waals surface area contributed by atoms with Crippen LogP contribution >= 0.6 is 0 Å². The Morgan fingerprint density at radius 3 is 2.53 bits per heavy atom. The predicted molar refractivity (Wildman–Crippen MR) is 74.5 cm³/mol. The molecule has 3 heteroatoms. The van der Waals surface area contributed by atoms with Crippen LogP contribution in [0, 0.1) is 0 Å². The molecule has 0 saturated carbocycles. The van der Waals surface area contributed by atoms with Gasteiger partial charge in [-0.2, -0.15) is 0 Å². The van der Waals surface area contributed by atoms with Gasteiger partial charge in [-0.1, -0.05) is 26.8 Å². The second-order valence-electron chi connectivity index (χ2n) is 5.91. The monoisotopic (exact) mass is 252 g/mol. The molecule has 1 unspecified atom stereocenters. The summed E-state index contributed by atoms with van der Waals surface area (Å²) >= 11 is 0. The van der Waals surface area contributed by atoms with Gasteiger partial charge in [0.2, 0.25) is 0 Å². The van der Waals surface area contributed by atoms with Gasteiger partial charge in [-0.05, 0) is 36.7 Å². The molecule has 0 aliphatic heterocycles. The average Bonchev–Trinajstić information content (AvgIpc) is 2.67. The molecule has 1 rings (SSSR count). The Labute approximate surface area is 106 Å². The summed E-state index contributed by atoms with van der Waals surface area (Å²) in [7, 11) is -1.77. The van der Waals surface area contributed by atoms with E-state index in [0.29, 0.717) is 0 Å². The van der Waals surface area contributed by atoms with Gasteiger partial charge in [0, 0.05) is 0 Å². The molecule has 0 spiro atoms. The van der Waals surface area contributed by atoms with Crippen molar-refractivity contribution in [3.63, 3.8) is 0 Å². The fraction of sp³-hybridized carbons (Fsp3) is 0.571. The van der Waals surface area contributed by atoms with E-state index in [4.69, 9.17) is 8.84 Å². The SMILES string of the molecule is C=CCC(O[Si](C)(C)C(C)(C)C)c1ccco1. The van der Waals surface area contributed by atoms with E-state index in [1.807, 2.05) is 18.2 Å². The van der Waals surface area contributed by atoms with Gasteiger partial charge in [-0.3, -0.25) is 0 Å². The number of hydrogen-bond acceptors (Lipinski definition) is 2. The first-order valence-electron chi connectivity index (χ1n) is 6.10. The molecule has 0 bridgehead atoms. The third-order valence-corrected chi connectivity index (χ3v) is 7.97. The minimum absolute atomic E-state index is 0.00314. The molecule has 96 valence electrons. The Kier molecular flexibility index (Phi) is 4.39. The lowest BCUT2D eigenvalue weighted by Gasteiger charge is -2.38. The lowest BCUT2D eigenvalue weighted by Crippen LogP contribution is -2.41. The first kappa shape index (κ1) is 14.3. The number of rotatable bonds is 5. The summed E-state index contributed by atoms with van der Waals surface area (Å²) < 4.78 is 11.8. The third kappa shape index (κ3) is 3.58. The summed E-state index contributed by atoms with van der Waals surface area (Å²) in [5, 5.41) is 0.207. The first-order valence-corrected chi connectivity index (χ1v) is 9.01. The molecule has 1 aromatic rings. The second-order valence-corrected chi connectivity index (χ2v) is 10.7. The molecule has 0 fully saturated rings. The molecule has 0 aliphatic carbocycles. The molecule has 1 aromatic heterocycles. The maximum absolute atomic E-state index is 6.36. The summed E-state index contributed by atoms with van der Waals surface area (Å²) in [6.45, 7) is 15.0. The van der Waals surface area contributed by atoms with Crippen molar-refractivity contribution in [3.8, 4) is 0 Å². The highest BCUT2D eigenvalue weighted by Gasteiger charge is 2.39. The maximum Gasteiger partial charge on any atom is 0.193 e. The fourth-order valence-corrected chi connectivity index (χ4v) is 2.66. The average molecular weight is 252 g/mol. The zero-order valence-electron chi connectivity index (χ0n) is 11.6. The first-order chi connectivity index (χ1) is 7.78. The molecule has 0 radical (unpaired) electrons. The standard InChI is InChI=1S/C14H24O2Si/c1-7-9-13(12-10-8-11-15-12)16-17(5,6)14(2,3)4/h7-8,10-11,13H,1,9H2,2-6H3. The second kappa shape index (κ2) is 5.23. The highest BCUT2D eigenvalue weighted by atomic mass is 28.4. The van der Waals surface area contributed by atoms with Gasteiger partial charge in [0.25, 0.3) is 0 Å². The summed E-state index contributed by atoms with van der Waals surface area (Å²) in [5.41, 5.74) is 0. The molecule has 0 N–H and O–H groups in total. The van der Waals surface area contributed by atoms with Crippen LogP contribution in [0.3, 0.4) is 0 Å². The van der Waals surface area contributed by atoms with E-state index < -0.39 is 8.32 Å². The number of hydrogen-bond donors (Lipinski definition) is 0. The van der Waals surface area contributed by atoms with Gasteiger partial charge in [0.05, 0.1) is 6.26 Å². The normalized spacial score (nSPS) is 14.6. The van der Waals surface area contributed by atoms with Gasteiger partial charge in [0.15, 0.2) is 8.32 Å².